The van der Waals surface area contributed by atoms with Gasteiger partial charge in [-0.3, -0.25) is 14.6 Å². The van der Waals surface area contributed by atoms with Crippen molar-refractivity contribution < 1.29 is 4.79 Å². The molecule has 1 N–H and O–H groups in total. The minimum Gasteiger partial charge on any atom is -0.343 e. The maximum atomic E-state index is 12.7. The molecule has 0 radical (unpaired) electrons. The third-order valence-electron chi connectivity index (χ3n) is 6.62. The van der Waals surface area contributed by atoms with E-state index in [0.29, 0.717) is 24.3 Å². The predicted octanol–water partition coefficient (Wildman–Crippen LogP) is 4.17. The molecule has 0 saturated carbocycles. The van der Waals surface area contributed by atoms with E-state index in [9.17, 15) is 10.1 Å². The van der Waals surface area contributed by atoms with Gasteiger partial charge in [-0.25, -0.2) is 0 Å². The number of fused-ring (bicyclic) bond motifs is 1. The number of amides is 1. The minimum absolute atomic E-state index is 0.178. The van der Waals surface area contributed by atoms with Crippen LogP contribution >= 0.6 is 0 Å². The Labute approximate surface area is 192 Å². The van der Waals surface area contributed by atoms with Crippen molar-refractivity contribution in [3.63, 3.8) is 0 Å². The lowest BCUT2D eigenvalue weighted by atomic mass is 9.96. The number of likely N-dealkylation sites (tertiary alicyclic amines) is 1. The lowest BCUT2D eigenvalue weighted by Crippen LogP contribution is -2.39. The van der Waals surface area contributed by atoms with Crippen LogP contribution in [-0.2, 0) is 17.8 Å². The molecule has 1 fully saturated rings. The Morgan fingerprint density at radius 2 is 1.97 bits per heavy atom. The standard InChI is InChI=1S/C26H26N6O/c27-14-22-4-2-1-3-20(22)6-8-26(33)31-11-9-19(10-12-31)18-32-25-7-5-21(13-23(25)17-30-32)24-15-28-29-16-24/h1-5,7,13,15-17,19H,6,8-12,18H2,(H,28,29). The van der Waals surface area contributed by atoms with Crippen LogP contribution in [0.15, 0.2) is 61.1 Å². The SMILES string of the molecule is N#Cc1ccccc1CCC(=O)N1CCC(Cn2ncc3cc(-c4cn[nH]c4)ccc32)CC1. The predicted molar refractivity (Wildman–Crippen MR) is 126 cm³/mol. The van der Waals surface area contributed by atoms with Crippen LogP contribution in [0.25, 0.3) is 22.0 Å². The van der Waals surface area contributed by atoms with Crippen LogP contribution in [0.1, 0.15) is 30.4 Å². The second-order valence-corrected chi connectivity index (χ2v) is 8.68. The molecular formula is C26H26N6O. The highest BCUT2D eigenvalue weighted by Gasteiger charge is 2.23. The van der Waals surface area contributed by atoms with Crippen LogP contribution < -0.4 is 0 Å². The van der Waals surface area contributed by atoms with Crippen LogP contribution in [-0.4, -0.2) is 43.9 Å². The summed E-state index contributed by atoms with van der Waals surface area (Å²) >= 11 is 0. The molecule has 33 heavy (non-hydrogen) atoms. The number of nitriles is 1. The van der Waals surface area contributed by atoms with Gasteiger partial charge in [-0.2, -0.15) is 15.5 Å². The molecule has 1 aliphatic heterocycles. The number of carbonyl (C=O) groups is 1. The highest BCUT2D eigenvalue weighted by molar-refractivity contribution is 5.84. The number of aromatic nitrogens is 4. The van der Waals surface area contributed by atoms with E-state index in [1.807, 2.05) is 47.8 Å². The van der Waals surface area contributed by atoms with Gasteiger partial charge in [0, 0.05) is 43.2 Å². The first kappa shape index (κ1) is 21.0. The van der Waals surface area contributed by atoms with Gasteiger partial charge < -0.3 is 4.90 Å². The number of nitrogens with one attached hydrogen (secondary N) is 1. The summed E-state index contributed by atoms with van der Waals surface area (Å²) in [5.74, 6) is 0.683. The third kappa shape index (κ3) is 4.51. The van der Waals surface area contributed by atoms with E-state index < -0.39 is 0 Å². The second-order valence-electron chi connectivity index (χ2n) is 8.68. The Bertz CT molecular complexity index is 1290. The quantitative estimate of drug-likeness (QED) is 0.489. The molecule has 2 aromatic carbocycles. The van der Waals surface area contributed by atoms with Gasteiger partial charge in [0.15, 0.2) is 0 Å². The first-order valence-electron chi connectivity index (χ1n) is 11.4. The highest BCUT2D eigenvalue weighted by Crippen LogP contribution is 2.26. The molecule has 0 spiro atoms. The summed E-state index contributed by atoms with van der Waals surface area (Å²) in [6, 6.07) is 16.1. The number of rotatable bonds is 6. The molecule has 5 rings (SSSR count). The zero-order valence-corrected chi connectivity index (χ0v) is 18.4. The molecule has 7 nitrogen and oxygen atoms in total. The number of aromatic amines is 1. The molecular weight excluding hydrogens is 412 g/mol. The van der Waals surface area contributed by atoms with Crippen LogP contribution in [0.5, 0.6) is 0 Å². The third-order valence-corrected chi connectivity index (χ3v) is 6.62. The summed E-state index contributed by atoms with van der Waals surface area (Å²) in [5, 5.41) is 21.9. The maximum Gasteiger partial charge on any atom is 0.222 e. The largest absolute Gasteiger partial charge is 0.343 e. The van der Waals surface area contributed by atoms with Crippen molar-refractivity contribution in [2.75, 3.05) is 13.1 Å². The fourth-order valence-corrected chi connectivity index (χ4v) is 4.68. The Hall–Kier alpha value is -3.92. The van der Waals surface area contributed by atoms with Gasteiger partial charge in [0.25, 0.3) is 0 Å². The summed E-state index contributed by atoms with van der Waals surface area (Å²) in [6.07, 6.45) is 8.67. The molecule has 0 atom stereocenters. The number of benzene rings is 2. The Morgan fingerprint density at radius 1 is 1.12 bits per heavy atom. The van der Waals surface area contributed by atoms with Gasteiger partial charge in [0.1, 0.15) is 0 Å². The number of hydrogen-bond acceptors (Lipinski definition) is 4. The zero-order valence-electron chi connectivity index (χ0n) is 18.4. The van der Waals surface area contributed by atoms with Crippen LogP contribution in [0, 0.1) is 17.2 Å². The molecule has 0 bridgehead atoms. The van der Waals surface area contributed by atoms with Gasteiger partial charge in [0.05, 0.1) is 29.5 Å². The molecule has 2 aromatic heterocycles. The molecule has 4 aromatic rings. The van der Waals surface area contributed by atoms with Crippen LogP contribution in [0.3, 0.4) is 0 Å². The molecule has 1 saturated heterocycles. The number of nitrogens with zero attached hydrogens (tertiary/aromatic N) is 5. The summed E-state index contributed by atoms with van der Waals surface area (Å²) < 4.78 is 2.09. The molecule has 0 aliphatic carbocycles. The number of hydrogen-bond donors (Lipinski definition) is 1. The summed E-state index contributed by atoms with van der Waals surface area (Å²) in [6.45, 7) is 2.44. The van der Waals surface area contributed by atoms with Crippen molar-refractivity contribution in [1.82, 2.24) is 24.9 Å². The Morgan fingerprint density at radius 3 is 2.76 bits per heavy atom. The average Bonchev–Trinajstić information content (AvgIpc) is 3.53. The smallest absolute Gasteiger partial charge is 0.222 e. The van der Waals surface area contributed by atoms with Crippen molar-refractivity contribution in [3.8, 4) is 17.2 Å². The molecule has 7 heteroatoms. The van der Waals surface area contributed by atoms with E-state index >= 15 is 0 Å². The first-order chi connectivity index (χ1) is 16.2. The number of piperidine rings is 1. The summed E-state index contributed by atoms with van der Waals surface area (Å²) in [4.78, 5) is 14.7. The second kappa shape index (κ2) is 9.29. The maximum absolute atomic E-state index is 12.7. The van der Waals surface area contributed by atoms with Gasteiger partial charge in [-0.15, -0.1) is 0 Å². The van der Waals surface area contributed by atoms with E-state index in [1.165, 1.54) is 0 Å². The molecule has 0 unspecified atom stereocenters. The fraction of sp³-hybridized carbons (Fsp3) is 0.308. The van der Waals surface area contributed by atoms with Crippen molar-refractivity contribution >= 4 is 16.8 Å². The average molecular weight is 439 g/mol. The number of aryl methyl sites for hydroxylation is 1. The van der Waals surface area contributed by atoms with E-state index in [2.05, 4.69) is 44.2 Å². The van der Waals surface area contributed by atoms with Crippen LogP contribution in [0.4, 0.5) is 0 Å². The molecule has 166 valence electrons. The summed E-state index contributed by atoms with van der Waals surface area (Å²) in [5.41, 5.74) is 4.94. The van der Waals surface area contributed by atoms with Gasteiger partial charge in [0.2, 0.25) is 5.91 Å². The molecule has 1 amide bonds. The monoisotopic (exact) mass is 438 g/mol. The molecule has 3 heterocycles. The topological polar surface area (TPSA) is 90.6 Å². The van der Waals surface area contributed by atoms with E-state index in [0.717, 1.165) is 60.1 Å². The zero-order chi connectivity index (χ0) is 22.6. The van der Waals surface area contributed by atoms with Gasteiger partial charge >= 0.3 is 0 Å². The molecule has 1 aliphatic rings. The lowest BCUT2D eigenvalue weighted by Gasteiger charge is -2.32. The lowest BCUT2D eigenvalue weighted by molar-refractivity contribution is -0.132. The first-order valence-corrected chi connectivity index (χ1v) is 11.4. The van der Waals surface area contributed by atoms with E-state index in [1.54, 1.807) is 0 Å². The highest BCUT2D eigenvalue weighted by atomic mass is 16.2. The minimum atomic E-state index is 0.178. The van der Waals surface area contributed by atoms with Gasteiger partial charge in [-0.1, -0.05) is 24.3 Å². The van der Waals surface area contributed by atoms with E-state index in [4.69, 9.17) is 0 Å². The Kier molecular flexibility index (Phi) is 5.90. The van der Waals surface area contributed by atoms with Crippen molar-refractivity contribution in [3.05, 3.63) is 72.2 Å². The van der Waals surface area contributed by atoms with E-state index in [-0.39, 0.29) is 5.91 Å². The summed E-state index contributed by atoms with van der Waals surface area (Å²) in [7, 11) is 0. The van der Waals surface area contributed by atoms with Gasteiger partial charge in [-0.05, 0) is 54.5 Å². The Balaban J connectivity index is 1.16. The normalized spacial score (nSPS) is 14.5. The van der Waals surface area contributed by atoms with Crippen molar-refractivity contribution in [2.45, 2.75) is 32.2 Å². The number of H-pyrrole nitrogens is 1. The van der Waals surface area contributed by atoms with Crippen molar-refractivity contribution in [2.24, 2.45) is 5.92 Å². The number of carbonyl (C=O) groups excluding carboxylic acids is 1. The van der Waals surface area contributed by atoms with Crippen molar-refractivity contribution in [1.29, 1.82) is 5.26 Å². The fourth-order valence-electron chi connectivity index (χ4n) is 4.68. The van der Waals surface area contributed by atoms with Crippen LogP contribution in [0.2, 0.25) is 0 Å².